The summed E-state index contributed by atoms with van der Waals surface area (Å²) in [7, 11) is 0. The van der Waals surface area contributed by atoms with Gasteiger partial charge < -0.3 is 18.6 Å². The molecule has 6 aliphatic rings. The Labute approximate surface area is 234 Å². The van der Waals surface area contributed by atoms with Crippen LogP contribution in [0.25, 0.3) is 11.3 Å². The number of carbonyl (C=O) groups is 1. The summed E-state index contributed by atoms with van der Waals surface area (Å²) in [5.41, 5.74) is 2.04. The SMILES string of the molecule is O=C(C1CCCOC1)N(CC12CCC(c3nc(C4CC4)no3)(CC1)CC2)c1cccc(-c2cnc(C3CC3)o2)c1. The molecule has 0 spiro atoms. The zero-order chi connectivity index (χ0) is 26.7. The van der Waals surface area contributed by atoms with Gasteiger partial charge in [0, 0.05) is 41.7 Å². The molecule has 1 saturated heterocycles. The van der Waals surface area contributed by atoms with Gasteiger partial charge in [-0.1, -0.05) is 17.3 Å². The van der Waals surface area contributed by atoms with Crippen molar-refractivity contribution in [3.63, 3.8) is 0 Å². The predicted octanol–water partition coefficient (Wildman–Crippen LogP) is 6.53. The number of hydrogen-bond donors (Lipinski definition) is 0. The number of carbonyl (C=O) groups excluding carboxylic acids is 1. The Bertz CT molecular complexity index is 1370. The topological polar surface area (TPSA) is 94.5 Å². The first-order valence-corrected chi connectivity index (χ1v) is 15.4. The number of aromatic nitrogens is 3. The first kappa shape index (κ1) is 24.8. The van der Waals surface area contributed by atoms with Gasteiger partial charge in [-0.05, 0) is 94.6 Å². The Balaban J connectivity index is 1.06. The highest BCUT2D eigenvalue weighted by molar-refractivity contribution is 5.96. The summed E-state index contributed by atoms with van der Waals surface area (Å²) in [5, 5.41) is 4.33. The molecule has 5 aliphatic carbocycles. The zero-order valence-corrected chi connectivity index (χ0v) is 23.1. The van der Waals surface area contributed by atoms with Gasteiger partial charge in [0.1, 0.15) is 0 Å². The molecule has 1 aliphatic heterocycles. The van der Waals surface area contributed by atoms with E-state index in [0.717, 1.165) is 112 Å². The molecular weight excluding hydrogens is 504 g/mol. The number of fused-ring (bicyclic) bond motifs is 3. The maximum absolute atomic E-state index is 14.1. The van der Waals surface area contributed by atoms with Crippen LogP contribution in [0.15, 0.2) is 39.4 Å². The van der Waals surface area contributed by atoms with Gasteiger partial charge in [0.15, 0.2) is 17.5 Å². The normalized spacial score (nSPS) is 29.9. The van der Waals surface area contributed by atoms with E-state index in [1.165, 1.54) is 12.8 Å². The number of oxazole rings is 1. The summed E-state index contributed by atoms with van der Waals surface area (Å²) >= 11 is 0. The molecule has 2 aromatic heterocycles. The number of nitrogens with zero attached hydrogens (tertiary/aromatic N) is 4. The first-order chi connectivity index (χ1) is 19.6. The minimum atomic E-state index is -0.0916. The quantitative estimate of drug-likeness (QED) is 0.319. The first-order valence-electron chi connectivity index (χ1n) is 15.4. The van der Waals surface area contributed by atoms with Crippen molar-refractivity contribution in [3.05, 3.63) is 48.1 Å². The Morgan fingerprint density at radius 1 is 1.00 bits per heavy atom. The lowest BCUT2D eigenvalue weighted by molar-refractivity contribution is -0.127. The molecule has 9 rings (SSSR count). The summed E-state index contributed by atoms with van der Waals surface area (Å²) in [4.78, 5) is 25.6. The van der Waals surface area contributed by atoms with E-state index in [-0.39, 0.29) is 22.7 Å². The zero-order valence-electron chi connectivity index (χ0n) is 23.1. The van der Waals surface area contributed by atoms with E-state index >= 15 is 0 Å². The van der Waals surface area contributed by atoms with Crippen molar-refractivity contribution in [1.82, 2.24) is 15.1 Å². The molecule has 1 atom stereocenters. The molecule has 3 heterocycles. The lowest BCUT2D eigenvalue weighted by atomic mass is 9.53. The van der Waals surface area contributed by atoms with Crippen LogP contribution < -0.4 is 4.90 Å². The lowest BCUT2D eigenvalue weighted by Crippen LogP contribution is -2.52. The van der Waals surface area contributed by atoms with Gasteiger partial charge >= 0.3 is 0 Å². The number of rotatable bonds is 8. The van der Waals surface area contributed by atoms with Crippen LogP contribution in [-0.2, 0) is 14.9 Å². The van der Waals surface area contributed by atoms with E-state index in [4.69, 9.17) is 18.7 Å². The molecule has 8 nitrogen and oxygen atoms in total. The fourth-order valence-electron chi connectivity index (χ4n) is 7.33. The highest BCUT2D eigenvalue weighted by Gasteiger charge is 2.53. The van der Waals surface area contributed by atoms with Crippen LogP contribution in [0.2, 0.25) is 0 Å². The van der Waals surface area contributed by atoms with Crippen LogP contribution in [0.4, 0.5) is 5.69 Å². The number of hydrogen-bond acceptors (Lipinski definition) is 7. The fourth-order valence-corrected chi connectivity index (χ4v) is 7.33. The minimum absolute atomic E-state index is 0.0133. The third-order valence-electron chi connectivity index (χ3n) is 10.4. The Morgan fingerprint density at radius 3 is 2.52 bits per heavy atom. The van der Waals surface area contributed by atoms with Crippen molar-refractivity contribution in [3.8, 4) is 11.3 Å². The monoisotopic (exact) mass is 542 g/mol. The van der Waals surface area contributed by atoms with E-state index in [0.29, 0.717) is 18.4 Å². The molecule has 3 aromatic rings. The van der Waals surface area contributed by atoms with Crippen LogP contribution in [0.1, 0.15) is 106 Å². The number of benzene rings is 1. The maximum Gasteiger partial charge on any atom is 0.232 e. The van der Waals surface area contributed by atoms with Gasteiger partial charge in [0.2, 0.25) is 11.8 Å². The average molecular weight is 543 g/mol. The standard InChI is InChI=1S/C32H38N4O4/c37-29(24-4-2-16-38-19-24)36(25-5-1-3-23(17-25)26-18-33-28(39-26)22-8-9-22)20-31-10-13-32(14-11-31,15-12-31)30-34-27(35-40-30)21-6-7-21/h1,3,5,17-18,21-22,24H,2,4,6-16,19-20H2. The van der Waals surface area contributed by atoms with Crippen LogP contribution in [0.5, 0.6) is 0 Å². The Kier molecular flexibility index (Phi) is 5.91. The van der Waals surface area contributed by atoms with Gasteiger partial charge in [-0.25, -0.2) is 4.98 Å². The van der Waals surface area contributed by atoms with E-state index in [2.05, 4.69) is 33.2 Å². The second-order valence-electron chi connectivity index (χ2n) is 13.2. The molecule has 210 valence electrons. The highest BCUT2D eigenvalue weighted by Crippen LogP contribution is 2.58. The third-order valence-corrected chi connectivity index (χ3v) is 10.4. The smallest absolute Gasteiger partial charge is 0.232 e. The molecule has 6 fully saturated rings. The van der Waals surface area contributed by atoms with Gasteiger partial charge in [-0.3, -0.25) is 4.79 Å². The molecular formula is C32H38N4O4. The minimum Gasteiger partial charge on any atom is -0.440 e. The van der Waals surface area contributed by atoms with Crippen LogP contribution >= 0.6 is 0 Å². The summed E-state index contributed by atoms with van der Waals surface area (Å²) < 4.78 is 17.7. The van der Waals surface area contributed by atoms with Crippen LogP contribution in [0.3, 0.4) is 0 Å². The second-order valence-corrected chi connectivity index (χ2v) is 13.2. The number of anilines is 1. The molecule has 0 radical (unpaired) electrons. The van der Waals surface area contributed by atoms with Gasteiger partial charge in [-0.15, -0.1) is 0 Å². The molecule has 0 N–H and O–H groups in total. The molecule has 5 saturated carbocycles. The number of ether oxygens (including phenoxy) is 1. The largest absolute Gasteiger partial charge is 0.440 e. The molecule has 1 unspecified atom stereocenters. The van der Waals surface area contributed by atoms with Crippen molar-refractivity contribution in [1.29, 1.82) is 0 Å². The van der Waals surface area contributed by atoms with Gasteiger partial charge in [0.25, 0.3) is 0 Å². The summed E-state index contributed by atoms with van der Waals surface area (Å²) in [6, 6.07) is 8.29. The van der Waals surface area contributed by atoms with Crippen molar-refractivity contribution in [2.75, 3.05) is 24.7 Å². The van der Waals surface area contributed by atoms with Crippen molar-refractivity contribution in [2.24, 2.45) is 11.3 Å². The van der Waals surface area contributed by atoms with Gasteiger partial charge in [-0.2, -0.15) is 4.98 Å². The van der Waals surface area contributed by atoms with Gasteiger partial charge in [0.05, 0.1) is 18.7 Å². The summed E-state index contributed by atoms with van der Waals surface area (Å²) in [5.74, 6) is 4.47. The summed E-state index contributed by atoms with van der Waals surface area (Å²) in [6.07, 6.45) is 14.7. The molecule has 2 bridgehead atoms. The predicted molar refractivity (Wildman–Crippen MR) is 148 cm³/mol. The van der Waals surface area contributed by atoms with E-state index in [9.17, 15) is 4.79 Å². The third kappa shape index (κ3) is 4.48. The molecule has 1 aromatic carbocycles. The molecule has 1 amide bonds. The van der Waals surface area contributed by atoms with E-state index in [1.807, 2.05) is 12.3 Å². The molecule has 40 heavy (non-hydrogen) atoms. The van der Waals surface area contributed by atoms with Crippen molar-refractivity contribution < 1.29 is 18.5 Å². The Hall–Kier alpha value is -3.00. The maximum atomic E-state index is 14.1. The molecule has 8 heteroatoms. The van der Waals surface area contributed by atoms with E-state index in [1.54, 1.807) is 0 Å². The number of amides is 1. The van der Waals surface area contributed by atoms with E-state index < -0.39 is 0 Å². The summed E-state index contributed by atoms with van der Waals surface area (Å²) in [6.45, 7) is 2.00. The fraction of sp³-hybridized carbons (Fsp3) is 0.625. The second kappa shape index (κ2) is 9.54. The average Bonchev–Trinajstić information content (AvgIpc) is 3.95. The van der Waals surface area contributed by atoms with Crippen LogP contribution in [0, 0.1) is 11.3 Å². The van der Waals surface area contributed by atoms with Crippen molar-refractivity contribution >= 4 is 11.6 Å². The van der Waals surface area contributed by atoms with Crippen LogP contribution in [-0.4, -0.2) is 40.8 Å². The highest BCUT2D eigenvalue weighted by atomic mass is 16.5. The lowest BCUT2D eigenvalue weighted by Gasteiger charge is -2.53. The Morgan fingerprint density at radius 2 is 1.80 bits per heavy atom. The van der Waals surface area contributed by atoms with Crippen molar-refractivity contribution in [2.45, 2.75) is 94.3 Å².